The van der Waals surface area contributed by atoms with Crippen LogP contribution < -0.4 is 0 Å². The van der Waals surface area contributed by atoms with Gasteiger partial charge < -0.3 is 0 Å². The number of hydrogen-bond acceptors (Lipinski definition) is 3. The predicted molar refractivity (Wildman–Crippen MR) is 42.0 cm³/mol. The van der Waals surface area contributed by atoms with Crippen molar-refractivity contribution < 1.29 is 26.7 Å². The SMILES string of the molecule is O=C1C=CC(=O)c2ncccc21.[Fe]. The molecule has 0 N–H and O–H groups in total. The average Bonchev–Trinajstić information content (AvgIpc) is 2.12. The smallest absolute Gasteiger partial charge is 0.205 e. The van der Waals surface area contributed by atoms with Crippen molar-refractivity contribution in [3.63, 3.8) is 0 Å². The van der Waals surface area contributed by atoms with E-state index < -0.39 is 0 Å². The minimum absolute atomic E-state index is 0. The number of carbonyl (C=O) groups excluding carboxylic acids is 2. The first-order chi connectivity index (χ1) is 5.79. The zero-order chi connectivity index (χ0) is 8.55. The predicted octanol–water partition coefficient (Wildman–Crippen LogP) is 1.01. The minimum atomic E-state index is -0.204. The number of rotatable bonds is 0. The van der Waals surface area contributed by atoms with Crippen LogP contribution in [0.4, 0.5) is 0 Å². The summed E-state index contributed by atoms with van der Waals surface area (Å²) in [6.45, 7) is 0. The monoisotopic (exact) mass is 215 g/mol. The Hall–Kier alpha value is -1.25. The standard InChI is InChI=1S/C9H5NO2.Fe/c11-7-3-4-8(12)9-6(7)2-1-5-10-9;/h1-5H;. The van der Waals surface area contributed by atoms with E-state index in [1.165, 1.54) is 18.3 Å². The van der Waals surface area contributed by atoms with Crippen LogP contribution in [0.3, 0.4) is 0 Å². The second-order valence-corrected chi connectivity index (χ2v) is 2.46. The first-order valence-corrected chi connectivity index (χ1v) is 3.51. The fraction of sp³-hybridized carbons (Fsp3) is 0. The molecule has 0 spiro atoms. The first kappa shape index (κ1) is 9.83. The van der Waals surface area contributed by atoms with Gasteiger partial charge in [0.05, 0.1) is 5.56 Å². The van der Waals surface area contributed by atoms with Gasteiger partial charge in [0.2, 0.25) is 5.78 Å². The Bertz CT molecular complexity index is 361. The second kappa shape index (κ2) is 3.64. The fourth-order valence-corrected chi connectivity index (χ4v) is 1.12. The molecule has 1 aromatic rings. The van der Waals surface area contributed by atoms with Gasteiger partial charge in [-0.2, -0.15) is 0 Å². The molecule has 0 saturated heterocycles. The van der Waals surface area contributed by atoms with Crippen LogP contribution in [-0.4, -0.2) is 16.6 Å². The number of hydrogen-bond donors (Lipinski definition) is 0. The summed E-state index contributed by atoms with van der Waals surface area (Å²) in [6, 6.07) is 3.25. The van der Waals surface area contributed by atoms with Crippen LogP contribution >= 0.6 is 0 Å². The van der Waals surface area contributed by atoms with Crippen molar-refractivity contribution in [1.82, 2.24) is 4.98 Å². The van der Waals surface area contributed by atoms with Gasteiger partial charge >= 0.3 is 0 Å². The molecule has 0 aliphatic heterocycles. The van der Waals surface area contributed by atoms with E-state index in [0.29, 0.717) is 5.56 Å². The van der Waals surface area contributed by atoms with Crippen molar-refractivity contribution in [3.8, 4) is 0 Å². The van der Waals surface area contributed by atoms with Crippen LogP contribution in [0.5, 0.6) is 0 Å². The Morgan fingerprint density at radius 3 is 2.46 bits per heavy atom. The Kier molecular flexibility index (Phi) is 2.76. The maximum absolute atomic E-state index is 11.2. The topological polar surface area (TPSA) is 47.0 Å². The summed E-state index contributed by atoms with van der Waals surface area (Å²) < 4.78 is 0. The summed E-state index contributed by atoms with van der Waals surface area (Å²) >= 11 is 0. The Balaban J connectivity index is 0.000000845. The Morgan fingerprint density at radius 2 is 1.77 bits per heavy atom. The number of allylic oxidation sites excluding steroid dienone is 2. The third-order valence-corrected chi connectivity index (χ3v) is 1.69. The third-order valence-electron chi connectivity index (χ3n) is 1.69. The van der Waals surface area contributed by atoms with Crippen LogP contribution in [0, 0.1) is 0 Å². The number of nitrogens with zero attached hydrogens (tertiary/aromatic N) is 1. The summed E-state index contributed by atoms with van der Waals surface area (Å²) in [5.41, 5.74) is 0.648. The van der Waals surface area contributed by atoms with Crippen LogP contribution in [-0.2, 0) is 17.1 Å². The molecular weight excluding hydrogens is 210 g/mol. The molecular formula is C9H5FeNO2. The molecule has 0 radical (unpaired) electrons. The van der Waals surface area contributed by atoms with Crippen LogP contribution in [0.25, 0.3) is 0 Å². The van der Waals surface area contributed by atoms with E-state index in [2.05, 4.69) is 4.98 Å². The Labute approximate surface area is 85.3 Å². The van der Waals surface area contributed by atoms with E-state index in [-0.39, 0.29) is 34.3 Å². The van der Waals surface area contributed by atoms with Crippen LogP contribution in [0.1, 0.15) is 20.8 Å². The number of aromatic nitrogens is 1. The molecule has 3 nitrogen and oxygen atoms in total. The fourth-order valence-electron chi connectivity index (χ4n) is 1.12. The summed E-state index contributed by atoms with van der Waals surface area (Å²) in [5, 5.41) is 0. The van der Waals surface area contributed by atoms with E-state index >= 15 is 0 Å². The van der Waals surface area contributed by atoms with Crippen molar-refractivity contribution >= 4 is 11.6 Å². The number of ketones is 2. The van der Waals surface area contributed by atoms with Crippen LogP contribution in [0.15, 0.2) is 30.5 Å². The van der Waals surface area contributed by atoms with Gasteiger partial charge in [0.15, 0.2) is 5.78 Å². The van der Waals surface area contributed by atoms with Crippen molar-refractivity contribution in [2.45, 2.75) is 0 Å². The molecule has 0 unspecified atom stereocenters. The summed E-state index contributed by atoms with van der Waals surface area (Å²) in [5.74, 6) is -0.358. The molecule has 0 aromatic carbocycles. The molecule has 1 aromatic heterocycles. The van der Waals surface area contributed by atoms with E-state index in [0.717, 1.165) is 0 Å². The average molecular weight is 215 g/mol. The molecule has 1 aliphatic carbocycles. The number of fused-ring (bicyclic) bond motifs is 1. The van der Waals surface area contributed by atoms with Gasteiger partial charge in [-0.3, -0.25) is 14.6 Å². The second-order valence-electron chi connectivity index (χ2n) is 2.46. The molecule has 0 fully saturated rings. The minimum Gasteiger partial charge on any atom is -0.289 e. The summed E-state index contributed by atoms with van der Waals surface area (Å²) in [4.78, 5) is 26.1. The maximum atomic E-state index is 11.2. The molecule has 1 aliphatic rings. The molecule has 1 heterocycles. The molecule has 13 heavy (non-hydrogen) atoms. The van der Waals surface area contributed by atoms with Crippen molar-refractivity contribution in [2.24, 2.45) is 0 Å². The van der Waals surface area contributed by atoms with Gasteiger partial charge in [-0.05, 0) is 24.3 Å². The normalized spacial score (nSPS) is 13.5. The Morgan fingerprint density at radius 1 is 1.08 bits per heavy atom. The first-order valence-electron chi connectivity index (χ1n) is 3.51. The zero-order valence-corrected chi connectivity index (χ0v) is 7.61. The molecule has 2 rings (SSSR count). The van der Waals surface area contributed by atoms with Gasteiger partial charge in [-0.1, -0.05) is 0 Å². The van der Waals surface area contributed by atoms with E-state index in [1.807, 2.05) is 0 Å². The largest absolute Gasteiger partial charge is 0.289 e. The van der Waals surface area contributed by atoms with Gasteiger partial charge in [-0.25, -0.2) is 0 Å². The quantitative estimate of drug-likeness (QED) is 0.606. The van der Waals surface area contributed by atoms with Gasteiger partial charge in [0, 0.05) is 23.3 Å². The van der Waals surface area contributed by atoms with E-state index in [4.69, 9.17) is 0 Å². The summed E-state index contributed by atoms with van der Waals surface area (Å²) in [7, 11) is 0. The maximum Gasteiger partial charge on any atom is 0.205 e. The van der Waals surface area contributed by atoms with Crippen molar-refractivity contribution in [2.75, 3.05) is 0 Å². The van der Waals surface area contributed by atoms with E-state index in [1.54, 1.807) is 12.1 Å². The van der Waals surface area contributed by atoms with Crippen molar-refractivity contribution in [1.29, 1.82) is 0 Å². The van der Waals surface area contributed by atoms with Crippen LogP contribution in [0.2, 0.25) is 0 Å². The van der Waals surface area contributed by atoms with Crippen molar-refractivity contribution in [3.05, 3.63) is 41.7 Å². The zero-order valence-electron chi connectivity index (χ0n) is 6.50. The summed E-state index contributed by atoms with van der Waals surface area (Å²) in [6.07, 6.45) is 4.02. The van der Waals surface area contributed by atoms with Gasteiger partial charge in [-0.15, -0.1) is 0 Å². The molecule has 0 bridgehead atoms. The molecule has 0 saturated carbocycles. The molecule has 0 atom stereocenters. The number of carbonyl (C=O) groups is 2. The van der Waals surface area contributed by atoms with E-state index in [9.17, 15) is 9.59 Å². The number of pyridine rings is 1. The molecule has 0 amide bonds. The molecule has 66 valence electrons. The third kappa shape index (κ3) is 1.59. The van der Waals surface area contributed by atoms with Gasteiger partial charge in [0.1, 0.15) is 5.69 Å². The van der Waals surface area contributed by atoms with Gasteiger partial charge in [0.25, 0.3) is 0 Å². The molecule has 4 heteroatoms.